The standard InChI is InChI=1S/C40H70N2O4S2.2HI/c1-5-7-9-11-13-15-17-19-21-23-29-41-33-47-37(35(41)3)27-31-45-39(43)25-26-40(44)46-32-28-38-36(4)42(34-48-38)30-24-22-20-18-16-14-12-10-8-6-2;;/h33-34H,5-32H2,1-4H3;2*1H/q+2;;/p-2. The number of esters is 2. The number of aromatic nitrogens is 2. The van der Waals surface area contributed by atoms with Gasteiger partial charge < -0.3 is 57.4 Å². The van der Waals surface area contributed by atoms with Gasteiger partial charge in [0, 0.05) is 39.5 Å². The topological polar surface area (TPSA) is 60.4 Å². The van der Waals surface area contributed by atoms with Crippen LogP contribution >= 0.6 is 22.7 Å². The molecule has 0 spiro atoms. The SMILES string of the molecule is CCCCCCCCCCCC[n+]1csc(CCOC(=O)CCC(=O)OCCc2sc[n+](CCCCCCCCCCCC)c2C)c1C.[I-].[I-]. The summed E-state index contributed by atoms with van der Waals surface area (Å²) in [4.78, 5) is 27.1. The molecule has 2 heterocycles. The van der Waals surface area contributed by atoms with Crippen molar-refractivity contribution in [1.82, 2.24) is 0 Å². The van der Waals surface area contributed by atoms with Crippen molar-refractivity contribution in [3.63, 3.8) is 0 Å². The van der Waals surface area contributed by atoms with Crippen LogP contribution in [0.1, 0.15) is 176 Å². The van der Waals surface area contributed by atoms with Gasteiger partial charge in [0.1, 0.15) is 13.1 Å². The Kier molecular flexibility index (Phi) is 33.0. The van der Waals surface area contributed by atoms with Gasteiger partial charge in [0.05, 0.1) is 35.8 Å². The number of thiazole rings is 2. The number of hydrogen-bond donors (Lipinski definition) is 0. The molecule has 2 aromatic rings. The van der Waals surface area contributed by atoms with E-state index < -0.39 is 0 Å². The smallest absolute Gasteiger partial charge is 0.306 e. The Bertz CT molecular complexity index is 1040. The highest BCUT2D eigenvalue weighted by Gasteiger charge is 2.17. The molecule has 0 saturated heterocycles. The Morgan fingerprint density at radius 3 is 1.14 bits per heavy atom. The van der Waals surface area contributed by atoms with E-state index >= 15 is 0 Å². The lowest BCUT2D eigenvalue weighted by molar-refractivity contribution is -0.698. The molecule has 0 N–H and O–H groups in total. The summed E-state index contributed by atoms with van der Waals surface area (Å²) in [7, 11) is 0. The van der Waals surface area contributed by atoms with Crippen LogP contribution < -0.4 is 57.1 Å². The average molecular weight is 961 g/mol. The monoisotopic (exact) mass is 960 g/mol. The van der Waals surface area contributed by atoms with Crippen LogP contribution in [0, 0.1) is 13.8 Å². The van der Waals surface area contributed by atoms with Gasteiger partial charge in [0.25, 0.3) is 0 Å². The molecule has 0 atom stereocenters. The Morgan fingerprint density at radius 1 is 0.520 bits per heavy atom. The van der Waals surface area contributed by atoms with Gasteiger partial charge in [-0.05, 0) is 12.8 Å². The molecule has 2 aromatic heterocycles. The largest absolute Gasteiger partial charge is 1.00 e. The van der Waals surface area contributed by atoms with Gasteiger partial charge in [-0.3, -0.25) is 9.59 Å². The number of halogens is 2. The number of aryl methyl sites for hydroxylation is 2. The summed E-state index contributed by atoms with van der Waals surface area (Å²) >= 11 is 3.49. The normalized spacial score (nSPS) is 10.9. The van der Waals surface area contributed by atoms with E-state index in [0.717, 1.165) is 25.9 Å². The van der Waals surface area contributed by atoms with Gasteiger partial charge in [-0.15, -0.1) is 0 Å². The van der Waals surface area contributed by atoms with Crippen LogP contribution in [-0.4, -0.2) is 25.2 Å². The summed E-state index contributed by atoms with van der Waals surface area (Å²) in [6, 6.07) is 0. The number of rotatable bonds is 31. The molecule has 50 heavy (non-hydrogen) atoms. The van der Waals surface area contributed by atoms with E-state index in [9.17, 15) is 9.59 Å². The lowest BCUT2D eigenvalue weighted by Gasteiger charge is -2.05. The van der Waals surface area contributed by atoms with Crippen LogP contribution in [-0.2, 0) is 45.0 Å². The zero-order chi connectivity index (χ0) is 34.7. The second-order valence-electron chi connectivity index (χ2n) is 13.7. The summed E-state index contributed by atoms with van der Waals surface area (Å²) < 4.78 is 15.6. The number of hydrogen-bond acceptors (Lipinski definition) is 6. The lowest BCUT2D eigenvalue weighted by Crippen LogP contribution is -3.00. The molecule has 0 unspecified atom stereocenters. The first kappa shape index (κ1) is 49.7. The van der Waals surface area contributed by atoms with E-state index in [0.29, 0.717) is 13.2 Å². The maximum absolute atomic E-state index is 12.3. The number of carbonyl (C=O) groups excluding carboxylic acids is 2. The van der Waals surface area contributed by atoms with Gasteiger partial charge in [-0.1, -0.05) is 139 Å². The summed E-state index contributed by atoms with van der Waals surface area (Å²) in [5, 5.41) is 0. The molecule has 0 radical (unpaired) electrons. The molecule has 0 aliphatic rings. The third kappa shape index (κ3) is 23.4. The van der Waals surface area contributed by atoms with Crippen molar-refractivity contribution in [3.8, 4) is 0 Å². The fourth-order valence-electron chi connectivity index (χ4n) is 6.23. The molecule has 290 valence electrons. The average Bonchev–Trinajstić information content (AvgIpc) is 3.62. The molecule has 0 aromatic carbocycles. The van der Waals surface area contributed by atoms with Gasteiger partial charge in [0.2, 0.25) is 11.0 Å². The molecular formula is C40H70I2N2O4S2. The van der Waals surface area contributed by atoms with E-state index in [-0.39, 0.29) is 72.7 Å². The van der Waals surface area contributed by atoms with E-state index in [4.69, 9.17) is 9.47 Å². The molecule has 0 aliphatic carbocycles. The van der Waals surface area contributed by atoms with Crippen molar-refractivity contribution in [2.24, 2.45) is 0 Å². The van der Waals surface area contributed by atoms with Gasteiger partial charge in [0.15, 0.2) is 11.4 Å². The van der Waals surface area contributed by atoms with Gasteiger partial charge in [-0.25, -0.2) is 0 Å². The zero-order valence-corrected chi connectivity index (χ0v) is 38.0. The first-order valence-electron chi connectivity index (χ1n) is 19.7. The van der Waals surface area contributed by atoms with Crippen molar-refractivity contribution in [1.29, 1.82) is 0 Å². The molecule has 10 heteroatoms. The fourth-order valence-corrected chi connectivity index (χ4v) is 8.24. The number of unbranched alkanes of at least 4 members (excludes halogenated alkanes) is 18. The maximum Gasteiger partial charge on any atom is 0.306 e. The van der Waals surface area contributed by atoms with Crippen LogP contribution in [0.25, 0.3) is 0 Å². The van der Waals surface area contributed by atoms with E-state index in [1.54, 1.807) is 22.7 Å². The highest BCUT2D eigenvalue weighted by molar-refractivity contribution is 7.09. The second-order valence-corrected chi connectivity index (χ2v) is 15.5. The number of nitrogens with zero attached hydrogens (tertiary/aromatic N) is 2. The predicted octanol–water partition coefficient (Wildman–Crippen LogP) is 4.50. The van der Waals surface area contributed by atoms with Crippen molar-refractivity contribution >= 4 is 34.6 Å². The van der Waals surface area contributed by atoms with Crippen LogP contribution in [0.2, 0.25) is 0 Å². The highest BCUT2D eigenvalue weighted by atomic mass is 127. The van der Waals surface area contributed by atoms with Crippen molar-refractivity contribution < 1.29 is 76.2 Å². The number of ether oxygens (including phenoxy) is 2. The maximum atomic E-state index is 12.3. The van der Waals surface area contributed by atoms with Crippen LogP contribution in [0.15, 0.2) is 11.0 Å². The van der Waals surface area contributed by atoms with Gasteiger partial charge in [-0.2, -0.15) is 9.13 Å². The summed E-state index contributed by atoms with van der Waals surface area (Å²) in [6.07, 6.45) is 28.5. The summed E-state index contributed by atoms with van der Waals surface area (Å²) in [5.41, 5.74) is 6.96. The van der Waals surface area contributed by atoms with Crippen molar-refractivity contribution in [2.45, 2.75) is 195 Å². The van der Waals surface area contributed by atoms with Crippen LogP contribution in [0.4, 0.5) is 0 Å². The lowest BCUT2D eigenvalue weighted by atomic mass is 10.1. The molecule has 0 bridgehead atoms. The highest BCUT2D eigenvalue weighted by Crippen LogP contribution is 2.16. The quantitative estimate of drug-likeness (QED) is 0.0484. The Labute approximate surface area is 348 Å². The van der Waals surface area contributed by atoms with Crippen LogP contribution in [0.3, 0.4) is 0 Å². The van der Waals surface area contributed by atoms with Crippen molar-refractivity contribution in [3.05, 3.63) is 32.2 Å². The molecule has 0 aliphatic heterocycles. The summed E-state index contributed by atoms with van der Waals surface area (Å²) in [6.45, 7) is 11.7. The van der Waals surface area contributed by atoms with E-state index in [2.05, 4.69) is 47.9 Å². The first-order valence-corrected chi connectivity index (χ1v) is 21.5. The fraction of sp³-hybridized carbons (Fsp3) is 0.800. The van der Waals surface area contributed by atoms with E-state index in [1.165, 1.54) is 150 Å². The first-order chi connectivity index (χ1) is 23.5. The molecule has 0 saturated carbocycles. The molecule has 6 nitrogen and oxygen atoms in total. The summed E-state index contributed by atoms with van der Waals surface area (Å²) in [5.74, 6) is -0.664. The molecule has 0 fully saturated rings. The molecule has 2 rings (SSSR count). The van der Waals surface area contributed by atoms with Crippen LogP contribution in [0.5, 0.6) is 0 Å². The Hall–Kier alpha value is -0.340. The Morgan fingerprint density at radius 2 is 0.820 bits per heavy atom. The molecular weight excluding hydrogens is 890 g/mol. The van der Waals surface area contributed by atoms with Gasteiger partial charge >= 0.3 is 11.9 Å². The third-order valence-electron chi connectivity index (χ3n) is 9.54. The Balaban J connectivity index is 0.0000120. The minimum atomic E-state index is -0.332. The third-order valence-corrected chi connectivity index (χ3v) is 11.8. The molecule has 0 amide bonds. The zero-order valence-electron chi connectivity index (χ0n) is 32.1. The van der Waals surface area contributed by atoms with Crippen molar-refractivity contribution in [2.75, 3.05) is 13.2 Å². The second kappa shape index (κ2) is 33.2. The minimum Gasteiger partial charge on any atom is -1.00 e. The minimum absolute atomic E-state index is 0. The van der Waals surface area contributed by atoms with E-state index in [1.807, 2.05) is 0 Å². The number of carbonyl (C=O) groups is 2. The predicted molar refractivity (Wildman–Crippen MR) is 201 cm³/mol.